The van der Waals surface area contributed by atoms with E-state index < -0.39 is 5.91 Å². The fraction of sp³-hybridized carbons (Fsp3) is 0.450. The Morgan fingerprint density at radius 2 is 2.25 bits per heavy atom. The van der Waals surface area contributed by atoms with Crippen LogP contribution in [0.1, 0.15) is 54.4 Å². The average molecular weight is 422 g/mol. The van der Waals surface area contributed by atoms with Gasteiger partial charge in [-0.05, 0) is 30.4 Å². The molecule has 1 fully saturated rings. The number of rotatable bonds is 4. The number of thiazole rings is 1. The normalized spacial score (nSPS) is 18.3. The molecule has 2 heterocycles. The number of oxime groups is 1. The summed E-state index contributed by atoms with van der Waals surface area (Å²) in [6.45, 7) is 7.84. The van der Waals surface area contributed by atoms with Crippen LogP contribution >= 0.6 is 22.9 Å². The molecule has 1 aromatic heterocycles. The van der Waals surface area contributed by atoms with Crippen LogP contribution in [0.5, 0.6) is 0 Å². The quantitative estimate of drug-likeness (QED) is 0.456. The molecule has 6 nitrogen and oxygen atoms in total. The highest BCUT2D eigenvalue weighted by atomic mass is 35.5. The molecule has 3 rings (SSSR count). The molecule has 0 bridgehead atoms. The lowest BCUT2D eigenvalue weighted by Crippen LogP contribution is -2.23. The maximum Gasteiger partial charge on any atom is 0.280 e. The largest absolute Gasteiger partial charge is 0.411 e. The Hall–Kier alpha value is -1.96. The molecule has 2 aromatic rings. The van der Waals surface area contributed by atoms with E-state index in [4.69, 9.17) is 21.5 Å². The number of carbonyl (C=O) groups is 1. The number of carbonyl (C=O) groups excluding carboxylic acids is 1. The summed E-state index contributed by atoms with van der Waals surface area (Å²) in [4.78, 5) is 19.0. The van der Waals surface area contributed by atoms with Crippen molar-refractivity contribution in [1.29, 1.82) is 0 Å². The van der Waals surface area contributed by atoms with Gasteiger partial charge in [0.05, 0.1) is 24.4 Å². The molecule has 0 saturated carbocycles. The summed E-state index contributed by atoms with van der Waals surface area (Å²) in [6.07, 6.45) is 5.46. The number of benzene rings is 1. The Kier molecular flexibility index (Phi) is 6.37. The third kappa shape index (κ3) is 4.90. The zero-order valence-corrected chi connectivity index (χ0v) is 17.8. The van der Waals surface area contributed by atoms with Gasteiger partial charge in [-0.15, -0.1) is 11.3 Å². The van der Waals surface area contributed by atoms with Crippen LogP contribution in [0.2, 0.25) is 5.02 Å². The van der Waals surface area contributed by atoms with Gasteiger partial charge in [0.1, 0.15) is 0 Å². The van der Waals surface area contributed by atoms with E-state index in [2.05, 4.69) is 37.1 Å². The van der Waals surface area contributed by atoms with Crippen molar-refractivity contribution < 1.29 is 14.7 Å². The number of amides is 1. The van der Waals surface area contributed by atoms with Crippen molar-refractivity contribution in [3.05, 3.63) is 50.2 Å². The molecular weight excluding hydrogens is 398 g/mol. The zero-order chi connectivity index (χ0) is 20.3. The van der Waals surface area contributed by atoms with Crippen molar-refractivity contribution in [2.24, 2.45) is 10.1 Å². The minimum absolute atomic E-state index is 0.0511. The first kappa shape index (κ1) is 20.8. The molecule has 1 saturated heterocycles. The van der Waals surface area contributed by atoms with Crippen LogP contribution in [-0.2, 0) is 16.7 Å². The second kappa shape index (κ2) is 8.59. The standard InChI is InChI=1S/C20H24ClN3O3S/c1-20(2,3)17-12-24(11-15-5-4-8-27-15)19(28-17)23-18(25)16-9-14(21)7-6-13(16)10-22-26/h6-7,9-10,12,15,26H,4-5,8,11H2,1-3H3/t15-/m1/s1. The molecule has 150 valence electrons. The highest BCUT2D eigenvalue weighted by Crippen LogP contribution is 2.25. The first-order valence-electron chi connectivity index (χ1n) is 9.16. The van der Waals surface area contributed by atoms with Crippen molar-refractivity contribution in [2.45, 2.75) is 51.7 Å². The molecule has 0 spiro atoms. The molecule has 1 amide bonds. The van der Waals surface area contributed by atoms with Crippen LogP contribution in [0, 0.1) is 0 Å². The van der Waals surface area contributed by atoms with E-state index in [9.17, 15) is 4.79 Å². The maximum atomic E-state index is 12.9. The smallest absolute Gasteiger partial charge is 0.280 e. The van der Waals surface area contributed by atoms with E-state index in [1.165, 1.54) is 23.6 Å². The van der Waals surface area contributed by atoms with Crippen LogP contribution in [-0.4, -0.2) is 34.6 Å². The fourth-order valence-corrected chi connectivity index (χ4v) is 4.22. The summed E-state index contributed by atoms with van der Waals surface area (Å²) in [7, 11) is 0. The lowest BCUT2D eigenvalue weighted by Gasteiger charge is -2.15. The first-order chi connectivity index (χ1) is 13.3. The monoisotopic (exact) mass is 421 g/mol. The van der Waals surface area contributed by atoms with E-state index in [-0.39, 0.29) is 11.5 Å². The minimum atomic E-state index is -0.430. The Labute approximate surface area is 173 Å². The van der Waals surface area contributed by atoms with Gasteiger partial charge in [0, 0.05) is 28.3 Å². The minimum Gasteiger partial charge on any atom is -0.411 e. The van der Waals surface area contributed by atoms with Gasteiger partial charge < -0.3 is 14.5 Å². The highest BCUT2D eigenvalue weighted by molar-refractivity contribution is 7.09. The van der Waals surface area contributed by atoms with Crippen molar-refractivity contribution >= 4 is 35.1 Å². The molecule has 1 aliphatic rings. The van der Waals surface area contributed by atoms with Gasteiger partial charge in [0.2, 0.25) is 0 Å². The Morgan fingerprint density at radius 3 is 2.89 bits per heavy atom. The molecule has 0 unspecified atom stereocenters. The van der Waals surface area contributed by atoms with Gasteiger partial charge in [-0.3, -0.25) is 4.79 Å². The van der Waals surface area contributed by atoms with E-state index >= 15 is 0 Å². The van der Waals surface area contributed by atoms with Gasteiger partial charge in [-0.1, -0.05) is 43.6 Å². The summed E-state index contributed by atoms with van der Waals surface area (Å²) in [5, 5.41) is 12.3. The van der Waals surface area contributed by atoms with Crippen LogP contribution in [0.25, 0.3) is 0 Å². The maximum absolute atomic E-state index is 12.9. The number of nitrogens with zero attached hydrogens (tertiary/aromatic N) is 3. The van der Waals surface area contributed by atoms with E-state index in [0.717, 1.165) is 24.3 Å². The predicted molar refractivity (Wildman–Crippen MR) is 111 cm³/mol. The third-order valence-electron chi connectivity index (χ3n) is 4.52. The van der Waals surface area contributed by atoms with Crippen molar-refractivity contribution in [2.75, 3.05) is 6.61 Å². The van der Waals surface area contributed by atoms with Gasteiger partial charge in [-0.2, -0.15) is 4.99 Å². The van der Waals surface area contributed by atoms with Crippen molar-refractivity contribution in [3.63, 3.8) is 0 Å². The molecule has 1 N–H and O–H groups in total. The Bertz CT molecular complexity index is 950. The molecule has 1 atom stereocenters. The van der Waals surface area contributed by atoms with Crippen LogP contribution in [0.3, 0.4) is 0 Å². The predicted octanol–water partition coefficient (Wildman–Crippen LogP) is 4.23. The van der Waals surface area contributed by atoms with Gasteiger partial charge in [0.25, 0.3) is 5.91 Å². The van der Waals surface area contributed by atoms with Crippen molar-refractivity contribution in [3.8, 4) is 0 Å². The fourth-order valence-electron chi connectivity index (χ4n) is 2.99. The molecule has 0 aliphatic carbocycles. The van der Waals surface area contributed by atoms with Crippen molar-refractivity contribution in [1.82, 2.24) is 4.57 Å². The lowest BCUT2D eigenvalue weighted by molar-refractivity contribution is 0.0949. The average Bonchev–Trinajstić information content (AvgIpc) is 3.27. The second-order valence-corrected chi connectivity index (χ2v) is 9.25. The first-order valence-corrected chi connectivity index (χ1v) is 10.4. The van der Waals surface area contributed by atoms with E-state index in [0.29, 0.717) is 27.5 Å². The topological polar surface area (TPSA) is 76.2 Å². The lowest BCUT2D eigenvalue weighted by atomic mass is 9.95. The molecule has 28 heavy (non-hydrogen) atoms. The number of aromatic nitrogens is 1. The summed E-state index contributed by atoms with van der Waals surface area (Å²) in [5.41, 5.74) is 0.698. The zero-order valence-electron chi connectivity index (χ0n) is 16.2. The SMILES string of the molecule is CC(C)(C)c1cn(C[C@H]2CCCO2)c(=NC(=O)c2cc(Cl)ccc2C=NO)s1. The second-order valence-electron chi connectivity index (χ2n) is 7.81. The summed E-state index contributed by atoms with van der Waals surface area (Å²) in [5.74, 6) is -0.430. The molecule has 0 radical (unpaired) electrons. The number of halogens is 1. The molecule has 1 aromatic carbocycles. The van der Waals surface area contributed by atoms with Crippen LogP contribution < -0.4 is 4.80 Å². The Balaban J connectivity index is 2.03. The van der Waals surface area contributed by atoms with Crippen LogP contribution in [0.15, 0.2) is 34.5 Å². The Morgan fingerprint density at radius 1 is 1.46 bits per heavy atom. The molecular formula is C20H24ClN3O3S. The molecule has 1 aliphatic heterocycles. The van der Waals surface area contributed by atoms with Crippen LogP contribution in [0.4, 0.5) is 0 Å². The highest BCUT2D eigenvalue weighted by Gasteiger charge is 2.22. The summed E-state index contributed by atoms with van der Waals surface area (Å²) in [6, 6.07) is 4.79. The van der Waals surface area contributed by atoms with E-state index in [1.54, 1.807) is 12.1 Å². The number of hydrogen-bond donors (Lipinski definition) is 1. The van der Waals surface area contributed by atoms with E-state index in [1.807, 2.05) is 4.57 Å². The third-order valence-corrected chi connectivity index (χ3v) is 6.20. The number of hydrogen-bond acceptors (Lipinski definition) is 5. The summed E-state index contributed by atoms with van der Waals surface area (Å²) < 4.78 is 7.76. The molecule has 8 heteroatoms. The number of ether oxygens (including phenoxy) is 1. The van der Waals surface area contributed by atoms with Gasteiger partial charge in [0.15, 0.2) is 4.80 Å². The summed E-state index contributed by atoms with van der Waals surface area (Å²) >= 11 is 7.55. The van der Waals surface area contributed by atoms with Gasteiger partial charge in [-0.25, -0.2) is 0 Å². The van der Waals surface area contributed by atoms with Gasteiger partial charge >= 0.3 is 0 Å².